The molecule has 1 aliphatic rings. The fourth-order valence-electron chi connectivity index (χ4n) is 2.10. The van der Waals surface area contributed by atoms with Gasteiger partial charge in [-0.05, 0) is 43.3 Å². The van der Waals surface area contributed by atoms with Gasteiger partial charge in [0.05, 0.1) is 0 Å². The SMILES string of the molecule is Cc1cn(CC2(C(C)C)CC2)c(=S)[nH]1. The number of aromatic nitrogens is 2. The van der Waals surface area contributed by atoms with Gasteiger partial charge in [0.2, 0.25) is 0 Å². The van der Waals surface area contributed by atoms with E-state index in [0.717, 1.165) is 22.9 Å². The maximum absolute atomic E-state index is 5.26. The molecule has 0 saturated heterocycles. The number of H-pyrrole nitrogens is 1. The Morgan fingerprint density at radius 2 is 2.21 bits per heavy atom. The highest BCUT2D eigenvalue weighted by molar-refractivity contribution is 7.71. The molecule has 2 rings (SSSR count). The van der Waals surface area contributed by atoms with E-state index in [-0.39, 0.29) is 0 Å². The van der Waals surface area contributed by atoms with Crippen molar-refractivity contribution in [2.24, 2.45) is 11.3 Å². The predicted molar refractivity (Wildman–Crippen MR) is 60.9 cm³/mol. The molecule has 0 aliphatic heterocycles. The minimum atomic E-state index is 0.535. The van der Waals surface area contributed by atoms with Crippen LogP contribution in [0.2, 0.25) is 0 Å². The summed E-state index contributed by atoms with van der Waals surface area (Å²) in [5.74, 6) is 0.764. The molecule has 1 aromatic rings. The van der Waals surface area contributed by atoms with Crippen LogP contribution in [0.1, 0.15) is 32.4 Å². The molecular weight excluding hydrogens is 192 g/mol. The molecule has 3 heteroatoms. The van der Waals surface area contributed by atoms with Gasteiger partial charge in [-0.15, -0.1) is 0 Å². The first-order valence-corrected chi connectivity index (χ1v) is 5.70. The third kappa shape index (κ3) is 1.65. The van der Waals surface area contributed by atoms with Crippen LogP contribution in [0.4, 0.5) is 0 Å². The van der Waals surface area contributed by atoms with Crippen molar-refractivity contribution in [3.63, 3.8) is 0 Å². The molecule has 1 aromatic heterocycles. The van der Waals surface area contributed by atoms with Crippen LogP contribution < -0.4 is 0 Å². The van der Waals surface area contributed by atoms with Crippen LogP contribution in [0.3, 0.4) is 0 Å². The molecule has 1 N–H and O–H groups in total. The second-order valence-electron chi connectivity index (χ2n) is 4.89. The van der Waals surface area contributed by atoms with E-state index in [0.29, 0.717) is 5.41 Å². The van der Waals surface area contributed by atoms with Gasteiger partial charge < -0.3 is 9.55 Å². The topological polar surface area (TPSA) is 20.7 Å². The standard InChI is InChI=1S/C11H18N2S/c1-8(2)11(4-5-11)7-13-6-9(3)12-10(13)14/h6,8H,4-5,7H2,1-3H3,(H,12,14). The first kappa shape index (κ1) is 9.97. The molecular formula is C11H18N2S. The summed E-state index contributed by atoms with van der Waals surface area (Å²) in [7, 11) is 0. The van der Waals surface area contributed by atoms with Crippen molar-refractivity contribution in [3.8, 4) is 0 Å². The minimum Gasteiger partial charge on any atom is -0.335 e. The van der Waals surface area contributed by atoms with Crippen molar-refractivity contribution < 1.29 is 0 Å². The quantitative estimate of drug-likeness (QED) is 0.759. The van der Waals surface area contributed by atoms with Crippen LogP contribution in [0.15, 0.2) is 6.20 Å². The largest absolute Gasteiger partial charge is 0.335 e. The molecule has 0 amide bonds. The van der Waals surface area contributed by atoms with E-state index in [1.807, 2.05) is 0 Å². The van der Waals surface area contributed by atoms with E-state index >= 15 is 0 Å². The summed E-state index contributed by atoms with van der Waals surface area (Å²) >= 11 is 5.26. The normalized spacial score (nSPS) is 18.9. The summed E-state index contributed by atoms with van der Waals surface area (Å²) < 4.78 is 3.06. The monoisotopic (exact) mass is 210 g/mol. The van der Waals surface area contributed by atoms with Gasteiger partial charge in [0.25, 0.3) is 0 Å². The van der Waals surface area contributed by atoms with Gasteiger partial charge in [0.15, 0.2) is 4.77 Å². The fraction of sp³-hybridized carbons (Fsp3) is 0.727. The molecule has 0 aromatic carbocycles. The predicted octanol–water partition coefficient (Wildman–Crippen LogP) is 3.29. The molecule has 1 fully saturated rings. The lowest BCUT2D eigenvalue weighted by Gasteiger charge is -2.19. The summed E-state index contributed by atoms with van der Waals surface area (Å²) in [6, 6.07) is 0. The van der Waals surface area contributed by atoms with Crippen molar-refractivity contribution in [2.45, 2.75) is 40.2 Å². The van der Waals surface area contributed by atoms with Crippen LogP contribution in [0.25, 0.3) is 0 Å². The maximum atomic E-state index is 5.26. The molecule has 0 bridgehead atoms. The number of imidazole rings is 1. The van der Waals surface area contributed by atoms with E-state index in [1.165, 1.54) is 12.8 Å². The lowest BCUT2D eigenvalue weighted by atomic mass is 9.92. The Bertz CT molecular complexity index is 382. The van der Waals surface area contributed by atoms with Crippen LogP contribution in [-0.2, 0) is 6.54 Å². The van der Waals surface area contributed by atoms with Gasteiger partial charge in [-0.25, -0.2) is 0 Å². The molecule has 14 heavy (non-hydrogen) atoms. The number of aryl methyl sites for hydroxylation is 1. The Morgan fingerprint density at radius 1 is 1.57 bits per heavy atom. The van der Waals surface area contributed by atoms with Crippen LogP contribution in [-0.4, -0.2) is 9.55 Å². The number of hydrogen-bond donors (Lipinski definition) is 1. The Kier molecular flexibility index (Phi) is 2.30. The summed E-state index contributed by atoms with van der Waals surface area (Å²) in [5, 5.41) is 0. The summed E-state index contributed by atoms with van der Waals surface area (Å²) in [6.07, 6.45) is 4.85. The first-order valence-electron chi connectivity index (χ1n) is 5.29. The maximum Gasteiger partial charge on any atom is 0.177 e. The van der Waals surface area contributed by atoms with Gasteiger partial charge in [-0.2, -0.15) is 0 Å². The molecule has 78 valence electrons. The zero-order valence-corrected chi connectivity index (χ0v) is 9.95. The molecule has 0 radical (unpaired) electrons. The van der Waals surface area contributed by atoms with Crippen molar-refractivity contribution in [2.75, 3.05) is 0 Å². The second kappa shape index (κ2) is 3.23. The zero-order valence-electron chi connectivity index (χ0n) is 9.13. The Hall–Kier alpha value is -0.570. The lowest BCUT2D eigenvalue weighted by molar-refractivity contribution is 0.307. The van der Waals surface area contributed by atoms with Crippen molar-refractivity contribution in [1.29, 1.82) is 0 Å². The zero-order chi connectivity index (χ0) is 10.3. The number of aromatic amines is 1. The minimum absolute atomic E-state index is 0.535. The average molecular weight is 210 g/mol. The average Bonchev–Trinajstić information content (AvgIpc) is 2.77. The highest BCUT2D eigenvalue weighted by atomic mass is 32.1. The Labute approximate surface area is 90.3 Å². The van der Waals surface area contributed by atoms with Gasteiger partial charge in [0, 0.05) is 18.4 Å². The molecule has 0 spiro atoms. The smallest absolute Gasteiger partial charge is 0.177 e. The van der Waals surface area contributed by atoms with E-state index in [1.54, 1.807) is 0 Å². The van der Waals surface area contributed by atoms with Gasteiger partial charge >= 0.3 is 0 Å². The lowest BCUT2D eigenvalue weighted by Crippen LogP contribution is -2.17. The van der Waals surface area contributed by atoms with Gasteiger partial charge in [-0.3, -0.25) is 0 Å². The van der Waals surface area contributed by atoms with Crippen molar-refractivity contribution >= 4 is 12.2 Å². The molecule has 0 atom stereocenters. The molecule has 1 aliphatic carbocycles. The number of nitrogens with zero attached hydrogens (tertiary/aromatic N) is 1. The molecule has 1 heterocycles. The molecule has 1 saturated carbocycles. The third-order valence-electron chi connectivity index (χ3n) is 3.52. The van der Waals surface area contributed by atoms with Crippen molar-refractivity contribution in [1.82, 2.24) is 9.55 Å². The van der Waals surface area contributed by atoms with Crippen LogP contribution in [0.5, 0.6) is 0 Å². The highest BCUT2D eigenvalue weighted by Gasteiger charge is 2.45. The van der Waals surface area contributed by atoms with E-state index < -0.39 is 0 Å². The number of rotatable bonds is 3. The third-order valence-corrected chi connectivity index (χ3v) is 3.85. The second-order valence-corrected chi connectivity index (χ2v) is 5.27. The number of hydrogen-bond acceptors (Lipinski definition) is 1. The summed E-state index contributed by atoms with van der Waals surface area (Å²) in [5.41, 5.74) is 1.70. The van der Waals surface area contributed by atoms with E-state index in [2.05, 4.69) is 36.5 Å². The van der Waals surface area contributed by atoms with Crippen LogP contribution in [0, 0.1) is 23.0 Å². The van der Waals surface area contributed by atoms with Crippen molar-refractivity contribution in [3.05, 3.63) is 16.7 Å². The van der Waals surface area contributed by atoms with Gasteiger partial charge in [-0.1, -0.05) is 13.8 Å². The van der Waals surface area contributed by atoms with E-state index in [4.69, 9.17) is 12.2 Å². The summed E-state index contributed by atoms with van der Waals surface area (Å²) in [6.45, 7) is 7.78. The van der Waals surface area contributed by atoms with Crippen LogP contribution >= 0.6 is 12.2 Å². The fourth-order valence-corrected chi connectivity index (χ4v) is 2.38. The number of nitrogens with one attached hydrogen (secondary N) is 1. The van der Waals surface area contributed by atoms with Gasteiger partial charge in [0.1, 0.15) is 0 Å². The Balaban J connectivity index is 2.19. The Morgan fingerprint density at radius 3 is 2.57 bits per heavy atom. The summed E-state index contributed by atoms with van der Waals surface area (Å²) in [4.78, 5) is 3.17. The molecule has 0 unspecified atom stereocenters. The van der Waals surface area contributed by atoms with E-state index in [9.17, 15) is 0 Å². The first-order chi connectivity index (χ1) is 6.53. The molecule has 2 nitrogen and oxygen atoms in total. The highest BCUT2D eigenvalue weighted by Crippen LogP contribution is 2.53.